The second-order valence-corrected chi connectivity index (χ2v) is 6.61. The molecule has 8 heteroatoms. The number of hydrogen-bond donors (Lipinski definition) is 1. The Kier molecular flexibility index (Phi) is 5.62. The van der Waals surface area contributed by atoms with Gasteiger partial charge in [0.15, 0.2) is 11.0 Å². The Morgan fingerprint density at radius 1 is 1.22 bits per heavy atom. The molecule has 2 amide bonds. The third-order valence-electron chi connectivity index (χ3n) is 4.14. The van der Waals surface area contributed by atoms with E-state index in [1.54, 1.807) is 30.3 Å². The number of amides is 2. The Hall–Kier alpha value is -2.64. The third-order valence-corrected chi connectivity index (χ3v) is 4.66. The van der Waals surface area contributed by atoms with Crippen molar-refractivity contribution in [1.29, 1.82) is 0 Å². The molecule has 27 heavy (non-hydrogen) atoms. The van der Waals surface area contributed by atoms with Crippen LogP contribution in [-0.2, 0) is 9.59 Å². The van der Waals surface area contributed by atoms with E-state index in [1.807, 2.05) is 24.8 Å². The van der Waals surface area contributed by atoms with Crippen LogP contribution < -0.4 is 15.1 Å². The molecule has 2 heterocycles. The van der Waals surface area contributed by atoms with Gasteiger partial charge in [-0.05, 0) is 56.4 Å². The number of carbonyl (C=O) groups excluding carboxylic acids is 2. The van der Waals surface area contributed by atoms with Gasteiger partial charge >= 0.3 is 0 Å². The van der Waals surface area contributed by atoms with E-state index >= 15 is 0 Å². The number of carbonyl (C=O) groups is 2. The number of benzene rings is 1. The predicted octanol–water partition coefficient (Wildman–Crippen LogP) is 3.61. The summed E-state index contributed by atoms with van der Waals surface area (Å²) < 4.78 is 5.76. The highest BCUT2D eigenvalue weighted by Gasteiger charge is 2.34. The van der Waals surface area contributed by atoms with E-state index in [2.05, 4.69) is 5.32 Å². The van der Waals surface area contributed by atoms with Gasteiger partial charge in [0.1, 0.15) is 11.3 Å². The zero-order valence-corrected chi connectivity index (χ0v) is 16.4. The molecule has 0 atom stereocenters. The molecule has 2 aromatic rings. The second kappa shape index (κ2) is 7.94. The summed E-state index contributed by atoms with van der Waals surface area (Å²) in [6.07, 6.45) is 1.42. The fourth-order valence-corrected chi connectivity index (χ4v) is 3.24. The molecule has 0 saturated carbocycles. The van der Waals surface area contributed by atoms with E-state index < -0.39 is 11.8 Å². The molecule has 0 radical (unpaired) electrons. The lowest BCUT2D eigenvalue weighted by Gasteiger charge is -2.28. The van der Waals surface area contributed by atoms with Crippen LogP contribution in [0.3, 0.4) is 0 Å². The monoisotopic (exact) mass is 403 g/mol. The zero-order chi connectivity index (χ0) is 19.6. The molecule has 6 nitrogen and oxygen atoms in total. The van der Waals surface area contributed by atoms with E-state index in [-0.39, 0.29) is 10.7 Å². The van der Waals surface area contributed by atoms with Crippen molar-refractivity contribution in [1.82, 2.24) is 5.32 Å². The molecule has 0 spiro atoms. The third kappa shape index (κ3) is 3.89. The quantitative estimate of drug-likeness (QED) is 0.469. The van der Waals surface area contributed by atoms with Crippen LogP contribution in [0.5, 0.6) is 0 Å². The van der Waals surface area contributed by atoms with Crippen LogP contribution in [0.4, 0.5) is 11.6 Å². The summed E-state index contributed by atoms with van der Waals surface area (Å²) in [5, 5.41) is 3.00. The molecule has 140 valence electrons. The van der Waals surface area contributed by atoms with Crippen molar-refractivity contribution in [2.24, 2.45) is 0 Å². The molecular weight excluding hydrogens is 386 g/mol. The van der Waals surface area contributed by atoms with Gasteiger partial charge in [0.2, 0.25) is 0 Å². The van der Waals surface area contributed by atoms with Gasteiger partial charge in [0, 0.05) is 24.2 Å². The van der Waals surface area contributed by atoms with E-state index in [0.717, 1.165) is 13.1 Å². The Labute approximate surface area is 167 Å². The van der Waals surface area contributed by atoms with Gasteiger partial charge in [-0.2, -0.15) is 0 Å². The van der Waals surface area contributed by atoms with Crippen molar-refractivity contribution in [2.45, 2.75) is 13.8 Å². The average molecular weight is 404 g/mol. The van der Waals surface area contributed by atoms with Crippen LogP contribution in [-0.4, -0.2) is 30.0 Å². The molecule has 1 aliphatic heterocycles. The Morgan fingerprint density at radius 2 is 1.96 bits per heavy atom. The summed E-state index contributed by atoms with van der Waals surface area (Å²) in [6.45, 7) is 5.62. The summed E-state index contributed by atoms with van der Waals surface area (Å²) in [5.41, 5.74) is 0.413. The van der Waals surface area contributed by atoms with Gasteiger partial charge in [-0.15, -0.1) is 0 Å². The molecule has 0 bridgehead atoms. The maximum Gasteiger partial charge on any atom is 0.270 e. The summed E-state index contributed by atoms with van der Waals surface area (Å²) >= 11 is 11.2. The van der Waals surface area contributed by atoms with Crippen LogP contribution in [0.25, 0.3) is 6.08 Å². The van der Waals surface area contributed by atoms with Crippen molar-refractivity contribution < 1.29 is 14.0 Å². The predicted molar refractivity (Wildman–Crippen MR) is 110 cm³/mol. The van der Waals surface area contributed by atoms with Crippen molar-refractivity contribution in [2.75, 3.05) is 22.9 Å². The normalized spacial score (nSPS) is 16.0. The SMILES string of the molecule is CCN(CC)c1ccc(C=C2C(=O)NC(=S)N(c3cccc(Cl)c3)C2=O)o1. The van der Waals surface area contributed by atoms with Gasteiger partial charge in [0.25, 0.3) is 11.8 Å². The van der Waals surface area contributed by atoms with Crippen molar-refractivity contribution in [3.05, 3.63) is 52.8 Å². The van der Waals surface area contributed by atoms with Gasteiger partial charge in [-0.1, -0.05) is 17.7 Å². The number of furan rings is 1. The van der Waals surface area contributed by atoms with Gasteiger partial charge < -0.3 is 9.32 Å². The lowest BCUT2D eigenvalue weighted by molar-refractivity contribution is -0.122. The molecule has 1 fully saturated rings. The highest BCUT2D eigenvalue weighted by Crippen LogP contribution is 2.26. The number of rotatable bonds is 5. The Balaban J connectivity index is 1.95. The maximum atomic E-state index is 12.9. The number of thiocarbonyl (C=S) groups is 1. The molecule has 3 rings (SSSR count). The number of hydrogen-bond acceptors (Lipinski definition) is 5. The first-order valence-electron chi connectivity index (χ1n) is 8.46. The van der Waals surface area contributed by atoms with E-state index in [4.69, 9.17) is 28.2 Å². The van der Waals surface area contributed by atoms with Crippen molar-refractivity contribution in [3.8, 4) is 0 Å². The molecule has 1 N–H and O–H groups in total. The smallest absolute Gasteiger partial charge is 0.270 e. The minimum atomic E-state index is -0.566. The van der Waals surface area contributed by atoms with Crippen LogP contribution in [0.2, 0.25) is 5.02 Å². The highest BCUT2D eigenvalue weighted by molar-refractivity contribution is 7.80. The van der Waals surface area contributed by atoms with Crippen LogP contribution in [0.15, 0.2) is 46.4 Å². The zero-order valence-electron chi connectivity index (χ0n) is 14.9. The standard InChI is InChI=1S/C19H18ClN3O3S/c1-3-22(4-2)16-9-8-14(26-16)11-15-17(24)21-19(27)23(18(15)25)13-7-5-6-12(20)10-13/h5-11H,3-4H2,1-2H3,(H,21,24,27). The summed E-state index contributed by atoms with van der Waals surface area (Å²) in [6, 6.07) is 10.2. The Bertz CT molecular complexity index is 934. The number of halogens is 1. The summed E-state index contributed by atoms with van der Waals surface area (Å²) in [7, 11) is 0. The van der Waals surface area contributed by atoms with Gasteiger partial charge in [0.05, 0.1) is 5.69 Å². The molecule has 1 aliphatic rings. The number of nitrogens with one attached hydrogen (secondary N) is 1. The van der Waals surface area contributed by atoms with E-state index in [9.17, 15) is 9.59 Å². The minimum absolute atomic E-state index is 0.00712. The molecule has 1 aromatic carbocycles. The first-order valence-corrected chi connectivity index (χ1v) is 9.25. The van der Waals surface area contributed by atoms with Gasteiger partial charge in [-0.3, -0.25) is 19.8 Å². The lowest BCUT2D eigenvalue weighted by atomic mass is 10.1. The number of anilines is 2. The highest BCUT2D eigenvalue weighted by atomic mass is 35.5. The van der Waals surface area contributed by atoms with Gasteiger partial charge in [-0.25, -0.2) is 0 Å². The van der Waals surface area contributed by atoms with Crippen LogP contribution in [0.1, 0.15) is 19.6 Å². The van der Waals surface area contributed by atoms with E-state index in [0.29, 0.717) is 22.4 Å². The molecule has 0 aliphatic carbocycles. The summed E-state index contributed by atoms with van der Waals surface area (Å²) in [5.74, 6) is -0.0112. The van der Waals surface area contributed by atoms with E-state index in [1.165, 1.54) is 11.0 Å². The first kappa shape index (κ1) is 19.1. The largest absolute Gasteiger partial charge is 0.441 e. The second-order valence-electron chi connectivity index (χ2n) is 5.79. The fraction of sp³-hybridized carbons (Fsp3) is 0.211. The molecule has 0 unspecified atom stereocenters. The van der Waals surface area contributed by atoms with Crippen LogP contribution in [0, 0.1) is 0 Å². The number of nitrogens with zero attached hydrogens (tertiary/aromatic N) is 2. The average Bonchev–Trinajstić information content (AvgIpc) is 3.08. The molecule has 1 saturated heterocycles. The summed E-state index contributed by atoms with van der Waals surface area (Å²) in [4.78, 5) is 28.5. The van der Waals surface area contributed by atoms with Crippen molar-refractivity contribution >= 4 is 58.4 Å². The Morgan fingerprint density at radius 3 is 2.63 bits per heavy atom. The molecule has 1 aromatic heterocycles. The van der Waals surface area contributed by atoms with Crippen LogP contribution >= 0.6 is 23.8 Å². The van der Waals surface area contributed by atoms with Crippen molar-refractivity contribution in [3.63, 3.8) is 0 Å². The topological polar surface area (TPSA) is 65.8 Å². The maximum absolute atomic E-state index is 12.9. The minimum Gasteiger partial charge on any atom is -0.441 e. The molecular formula is C19H18ClN3O3S. The lowest BCUT2D eigenvalue weighted by Crippen LogP contribution is -2.54. The first-order chi connectivity index (χ1) is 12.9. The fourth-order valence-electron chi connectivity index (χ4n) is 2.77.